The van der Waals surface area contributed by atoms with E-state index in [-0.39, 0.29) is 17.1 Å². The normalized spacial score (nSPS) is 11.6. The summed E-state index contributed by atoms with van der Waals surface area (Å²) < 4.78 is 38.0. The van der Waals surface area contributed by atoms with E-state index in [0.29, 0.717) is 0 Å². The number of halogens is 4. The molecule has 0 fully saturated rings. The quantitative estimate of drug-likeness (QED) is 0.811. The average molecular weight is 289 g/mol. The molecule has 0 spiro atoms. The van der Waals surface area contributed by atoms with Crippen LogP contribution in [0, 0.1) is 0 Å². The first-order chi connectivity index (χ1) is 8.88. The second-order valence-electron chi connectivity index (χ2n) is 3.80. The predicted octanol–water partition coefficient (Wildman–Crippen LogP) is 3.44. The Bertz CT molecular complexity index is 607. The van der Waals surface area contributed by atoms with Crippen LogP contribution in [-0.2, 0) is 12.7 Å². The fourth-order valence-corrected chi connectivity index (χ4v) is 1.76. The Hall–Kier alpha value is -1.82. The monoisotopic (exact) mass is 288 g/mol. The number of Topliss-reactive ketones (excluding diaryl/α,β-unsaturated/α-hetero) is 1. The van der Waals surface area contributed by atoms with E-state index in [0.717, 1.165) is 16.9 Å². The molecule has 0 unspecified atom stereocenters. The van der Waals surface area contributed by atoms with E-state index in [2.05, 4.69) is 5.10 Å². The lowest BCUT2D eigenvalue weighted by Gasteiger charge is -2.04. The maximum atomic E-state index is 12.3. The lowest BCUT2D eigenvalue weighted by atomic mass is 10.1. The fraction of sp³-hybridized carbons (Fsp3) is 0.167. The van der Waals surface area contributed by atoms with Crippen molar-refractivity contribution >= 4 is 17.4 Å². The summed E-state index contributed by atoms with van der Waals surface area (Å²) in [4.78, 5) is 11.9. The molecule has 1 heterocycles. The van der Waals surface area contributed by atoms with Crippen LogP contribution < -0.4 is 0 Å². The molecule has 7 heteroatoms. The van der Waals surface area contributed by atoms with Crippen molar-refractivity contribution in [3.05, 3.63) is 52.8 Å². The third-order valence-electron chi connectivity index (χ3n) is 2.41. The Labute approximate surface area is 111 Å². The van der Waals surface area contributed by atoms with Gasteiger partial charge in [0.2, 0.25) is 0 Å². The van der Waals surface area contributed by atoms with E-state index in [9.17, 15) is 18.0 Å². The molecule has 0 bridgehead atoms. The summed E-state index contributed by atoms with van der Waals surface area (Å²) >= 11 is 5.83. The molecule has 2 aromatic rings. The molecule has 2 rings (SSSR count). The molecule has 0 aliphatic rings. The highest BCUT2D eigenvalue weighted by molar-refractivity contribution is 6.33. The molecule has 0 saturated carbocycles. The molecule has 0 amide bonds. The SMILES string of the molecule is O=C(Cn1ccc(C(F)(F)F)n1)c1ccccc1Cl. The smallest absolute Gasteiger partial charge is 0.292 e. The molecule has 0 radical (unpaired) electrons. The van der Waals surface area contributed by atoms with Gasteiger partial charge in [-0.2, -0.15) is 18.3 Å². The van der Waals surface area contributed by atoms with Gasteiger partial charge in [0.15, 0.2) is 11.5 Å². The second kappa shape index (κ2) is 5.05. The number of alkyl halides is 3. The van der Waals surface area contributed by atoms with Crippen LogP contribution in [-0.4, -0.2) is 15.6 Å². The molecule has 0 aliphatic heterocycles. The average Bonchev–Trinajstić information content (AvgIpc) is 2.77. The Morgan fingerprint density at radius 3 is 2.53 bits per heavy atom. The van der Waals surface area contributed by atoms with Crippen LogP contribution in [0.5, 0.6) is 0 Å². The molecule has 1 aromatic carbocycles. The van der Waals surface area contributed by atoms with Crippen molar-refractivity contribution < 1.29 is 18.0 Å². The lowest BCUT2D eigenvalue weighted by molar-refractivity contribution is -0.141. The van der Waals surface area contributed by atoms with Gasteiger partial charge in [-0.05, 0) is 18.2 Å². The molecule has 3 nitrogen and oxygen atoms in total. The number of ketones is 1. The lowest BCUT2D eigenvalue weighted by Crippen LogP contribution is -2.13. The van der Waals surface area contributed by atoms with Gasteiger partial charge in [-0.1, -0.05) is 23.7 Å². The van der Waals surface area contributed by atoms with E-state index >= 15 is 0 Å². The summed E-state index contributed by atoms with van der Waals surface area (Å²) in [5.41, 5.74) is -0.771. The Balaban J connectivity index is 2.16. The van der Waals surface area contributed by atoms with Gasteiger partial charge in [-0.3, -0.25) is 9.48 Å². The van der Waals surface area contributed by atoms with E-state index in [1.54, 1.807) is 18.2 Å². The maximum absolute atomic E-state index is 12.3. The highest BCUT2D eigenvalue weighted by atomic mass is 35.5. The number of carbonyl (C=O) groups is 1. The van der Waals surface area contributed by atoms with E-state index in [1.165, 1.54) is 6.07 Å². The van der Waals surface area contributed by atoms with Crippen LogP contribution in [0.15, 0.2) is 36.5 Å². The molecule has 100 valence electrons. The number of hydrogen-bond donors (Lipinski definition) is 0. The zero-order valence-electron chi connectivity index (χ0n) is 9.49. The standard InChI is InChI=1S/C12H8ClF3N2O/c13-9-4-2-1-3-8(9)10(19)7-18-6-5-11(17-18)12(14,15)16/h1-6H,7H2. The van der Waals surface area contributed by atoms with E-state index < -0.39 is 17.7 Å². The van der Waals surface area contributed by atoms with Crippen molar-refractivity contribution in [3.63, 3.8) is 0 Å². The van der Waals surface area contributed by atoms with Crippen LogP contribution in [0.2, 0.25) is 5.02 Å². The highest BCUT2D eigenvalue weighted by Crippen LogP contribution is 2.27. The van der Waals surface area contributed by atoms with Gasteiger partial charge in [0.05, 0.1) is 5.02 Å². The summed E-state index contributed by atoms with van der Waals surface area (Å²) in [6.07, 6.45) is -3.41. The fourth-order valence-electron chi connectivity index (χ4n) is 1.52. The second-order valence-corrected chi connectivity index (χ2v) is 4.21. The number of nitrogens with zero attached hydrogens (tertiary/aromatic N) is 2. The first-order valence-corrected chi connectivity index (χ1v) is 5.64. The number of hydrogen-bond acceptors (Lipinski definition) is 2. The minimum atomic E-state index is -4.52. The van der Waals surface area contributed by atoms with Crippen molar-refractivity contribution in [1.82, 2.24) is 9.78 Å². The van der Waals surface area contributed by atoms with Crippen molar-refractivity contribution in [3.8, 4) is 0 Å². The van der Waals surface area contributed by atoms with Gasteiger partial charge >= 0.3 is 6.18 Å². The van der Waals surface area contributed by atoms with E-state index in [4.69, 9.17) is 11.6 Å². The summed E-state index contributed by atoms with van der Waals surface area (Å²) in [5.74, 6) is -0.401. The number of aromatic nitrogens is 2. The zero-order chi connectivity index (χ0) is 14.0. The summed E-state index contributed by atoms with van der Waals surface area (Å²) in [7, 11) is 0. The number of benzene rings is 1. The first-order valence-electron chi connectivity index (χ1n) is 5.26. The van der Waals surface area contributed by atoms with Crippen molar-refractivity contribution in [2.75, 3.05) is 0 Å². The Morgan fingerprint density at radius 1 is 1.26 bits per heavy atom. The third-order valence-corrected chi connectivity index (χ3v) is 2.74. The molecular formula is C12H8ClF3N2O. The number of carbonyl (C=O) groups excluding carboxylic acids is 1. The Kier molecular flexibility index (Phi) is 3.61. The minimum Gasteiger partial charge on any atom is -0.292 e. The van der Waals surface area contributed by atoms with Crippen LogP contribution in [0.25, 0.3) is 0 Å². The van der Waals surface area contributed by atoms with Gasteiger partial charge in [0.1, 0.15) is 6.54 Å². The minimum absolute atomic E-state index is 0.258. The van der Waals surface area contributed by atoms with Crippen LogP contribution in [0.1, 0.15) is 16.1 Å². The maximum Gasteiger partial charge on any atom is 0.435 e. The van der Waals surface area contributed by atoms with E-state index in [1.807, 2.05) is 0 Å². The molecule has 0 atom stereocenters. The summed E-state index contributed by atoms with van der Waals surface area (Å²) in [6, 6.07) is 7.16. The molecule has 0 N–H and O–H groups in total. The van der Waals surface area contributed by atoms with Crippen LogP contribution >= 0.6 is 11.6 Å². The van der Waals surface area contributed by atoms with Gasteiger partial charge < -0.3 is 0 Å². The van der Waals surface area contributed by atoms with Gasteiger partial charge in [-0.15, -0.1) is 0 Å². The van der Waals surface area contributed by atoms with Gasteiger partial charge in [0, 0.05) is 11.8 Å². The van der Waals surface area contributed by atoms with Crippen LogP contribution in [0.3, 0.4) is 0 Å². The molecule has 19 heavy (non-hydrogen) atoms. The molecule has 0 saturated heterocycles. The third kappa shape index (κ3) is 3.14. The predicted molar refractivity (Wildman–Crippen MR) is 63.0 cm³/mol. The van der Waals surface area contributed by atoms with Gasteiger partial charge in [0.25, 0.3) is 0 Å². The Morgan fingerprint density at radius 2 is 1.95 bits per heavy atom. The molecule has 1 aromatic heterocycles. The highest BCUT2D eigenvalue weighted by Gasteiger charge is 2.33. The zero-order valence-corrected chi connectivity index (χ0v) is 10.2. The summed E-state index contributed by atoms with van der Waals surface area (Å²) in [6.45, 7) is -0.292. The van der Waals surface area contributed by atoms with Crippen molar-refractivity contribution in [2.45, 2.75) is 12.7 Å². The van der Waals surface area contributed by atoms with Crippen LogP contribution in [0.4, 0.5) is 13.2 Å². The van der Waals surface area contributed by atoms with Crippen molar-refractivity contribution in [1.29, 1.82) is 0 Å². The van der Waals surface area contributed by atoms with Crippen molar-refractivity contribution in [2.24, 2.45) is 0 Å². The number of rotatable bonds is 3. The molecular weight excluding hydrogens is 281 g/mol. The topological polar surface area (TPSA) is 34.9 Å². The summed E-state index contributed by atoms with van der Waals surface area (Å²) in [5, 5.41) is 3.56. The largest absolute Gasteiger partial charge is 0.435 e. The van der Waals surface area contributed by atoms with Gasteiger partial charge in [-0.25, -0.2) is 0 Å². The molecule has 0 aliphatic carbocycles. The first kappa shape index (κ1) is 13.6.